The lowest BCUT2D eigenvalue weighted by Crippen LogP contribution is -2.41. The van der Waals surface area contributed by atoms with Crippen LogP contribution in [0, 0.1) is 0 Å². The molecule has 0 amide bonds. The summed E-state index contributed by atoms with van der Waals surface area (Å²) in [5.41, 5.74) is 2.26. The average Bonchev–Trinajstić information content (AvgIpc) is 2.52. The second kappa shape index (κ2) is 9.67. The summed E-state index contributed by atoms with van der Waals surface area (Å²) in [6, 6.07) is 10.0. The zero-order chi connectivity index (χ0) is 19.1. The highest BCUT2D eigenvalue weighted by Gasteiger charge is 2.36. The van der Waals surface area contributed by atoms with E-state index in [1.165, 1.54) is 0 Å². The molecule has 0 aliphatic rings. The van der Waals surface area contributed by atoms with Crippen LogP contribution in [0.4, 0.5) is 0 Å². The molecule has 0 saturated heterocycles. The minimum Gasteiger partial charge on any atom is -0.417 e. The van der Waals surface area contributed by atoms with Gasteiger partial charge in [-0.2, -0.15) is 0 Å². The highest BCUT2D eigenvalue weighted by atomic mass is 28.4. The van der Waals surface area contributed by atoms with E-state index in [0.717, 1.165) is 17.6 Å². The Balaban J connectivity index is 2.41. The fourth-order valence-electron chi connectivity index (χ4n) is 2.09. The molecule has 0 aliphatic carbocycles. The maximum absolute atomic E-state index is 10.3. The van der Waals surface area contributed by atoms with Crippen LogP contribution in [0.5, 0.6) is 0 Å². The lowest BCUT2D eigenvalue weighted by Gasteiger charge is -2.36. The van der Waals surface area contributed by atoms with Gasteiger partial charge < -0.3 is 14.3 Å². The van der Waals surface area contributed by atoms with Gasteiger partial charge in [-0.1, -0.05) is 62.8 Å². The van der Waals surface area contributed by atoms with Crippen molar-refractivity contribution < 1.29 is 14.3 Å². The van der Waals surface area contributed by atoms with Gasteiger partial charge in [0.1, 0.15) is 0 Å². The fourth-order valence-corrected chi connectivity index (χ4v) is 3.14. The molecule has 0 unspecified atom stereocenters. The Hall–Kier alpha value is -0.943. The molecular weight excluding hydrogens is 328 g/mol. The maximum atomic E-state index is 10.3. The molecule has 25 heavy (non-hydrogen) atoms. The van der Waals surface area contributed by atoms with Crippen LogP contribution in [0.2, 0.25) is 18.1 Å². The average molecular weight is 365 g/mol. The topological polar surface area (TPSA) is 38.7 Å². The van der Waals surface area contributed by atoms with Crippen LogP contribution in [-0.4, -0.2) is 32.2 Å². The van der Waals surface area contributed by atoms with Crippen molar-refractivity contribution in [3.8, 4) is 0 Å². The Labute approximate surface area is 155 Å². The summed E-state index contributed by atoms with van der Waals surface area (Å²) in [6.45, 7) is 16.4. The van der Waals surface area contributed by atoms with E-state index in [4.69, 9.17) is 9.16 Å². The molecular formula is C21H36O3Si. The van der Waals surface area contributed by atoms with E-state index in [-0.39, 0.29) is 11.1 Å². The van der Waals surface area contributed by atoms with Crippen molar-refractivity contribution in [2.75, 3.05) is 6.61 Å². The number of aliphatic hydroxyl groups is 1. The molecule has 142 valence electrons. The Morgan fingerprint density at radius 1 is 1.20 bits per heavy atom. The highest BCUT2D eigenvalue weighted by molar-refractivity contribution is 6.74. The van der Waals surface area contributed by atoms with Gasteiger partial charge >= 0.3 is 0 Å². The zero-order valence-corrected chi connectivity index (χ0v) is 18.0. The van der Waals surface area contributed by atoms with E-state index in [2.05, 4.69) is 33.9 Å². The molecule has 0 fully saturated rings. The third kappa shape index (κ3) is 7.86. The summed E-state index contributed by atoms with van der Waals surface area (Å²) in [5.74, 6) is 0. The van der Waals surface area contributed by atoms with E-state index >= 15 is 0 Å². The van der Waals surface area contributed by atoms with Gasteiger partial charge in [0.25, 0.3) is 0 Å². The van der Waals surface area contributed by atoms with Gasteiger partial charge in [-0.25, -0.2) is 0 Å². The van der Waals surface area contributed by atoms with Crippen LogP contribution < -0.4 is 0 Å². The summed E-state index contributed by atoms with van der Waals surface area (Å²) in [5, 5.41) is 10.5. The Morgan fingerprint density at radius 3 is 2.36 bits per heavy atom. The van der Waals surface area contributed by atoms with E-state index in [0.29, 0.717) is 13.2 Å². The number of benzene rings is 1. The Bertz CT molecular complexity index is 532. The van der Waals surface area contributed by atoms with E-state index in [9.17, 15) is 5.11 Å². The molecule has 1 rings (SSSR count). The van der Waals surface area contributed by atoms with Crippen molar-refractivity contribution in [3.63, 3.8) is 0 Å². The van der Waals surface area contributed by atoms with Crippen molar-refractivity contribution in [3.05, 3.63) is 47.5 Å². The number of aliphatic hydroxyl groups excluding tert-OH is 1. The van der Waals surface area contributed by atoms with Gasteiger partial charge in [-0.3, -0.25) is 0 Å². The summed E-state index contributed by atoms with van der Waals surface area (Å²) in [6.07, 6.45) is 1.90. The van der Waals surface area contributed by atoms with Crippen LogP contribution in [0.25, 0.3) is 0 Å². The molecule has 4 heteroatoms. The smallest absolute Gasteiger partial charge is 0.191 e. The van der Waals surface area contributed by atoms with Gasteiger partial charge in [0, 0.05) is 6.61 Å². The monoisotopic (exact) mass is 364 g/mol. The molecule has 0 saturated carbocycles. The Kier molecular flexibility index (Phi) is 8.55. The molecule has 1 aromatic carbocycles. The summed E-state index contributed by atoms with van der Waals surface area (Å²) >= 11 is 0. The summed E-state index contributed by atoms with van der Waals surface area (Å²) in [7, 11) is -1.70. The van der Waals surface area contributed by atoms with Gasteiger partial charge in [0.2, 0.25) is 0 Å². The summed E-state index contributed by atoms with van der Waals surface area (Å²) in [4.78, 5) is 0. The SMILES string of the molecule is C/C(=C\[C@@H](O)[C@H](C)OCc1ccccc1)CCO[Si](C)(C)C(C)(C)C. The van der Waals surface area contributed by atoms with E-state index < -0.39 is 14.4 Å². The van der Waals surface area contributed by atoms with Gasteiger partial charge in [-0.15, -0.1) is 0 Å². The molecule has 3 nitrogen and oxygen atoms in total. The number of hydrogen-bond acceptors (Lipinski definition) is 3. The zero-order valence-electron chi connectivity index (χ0n) is 17.0. The van der Waals surface area contributed by atoms with Crippen molar-refractivity contribution in [2.45, 2.75) is 78.0 Å². The molecule has 1 N–H and O–H groups in total. The van der Waals surface area contributed by atoms with Crippen LogP contribution >= 0.6 is 0 Å². The van der Waals surface area contributed by atoms with Crippen molar-refractivity contribution in [1.29, 1.82) is 0 Å². The first kappa shape index (κ1) is 22.1. The minimum absolute atomic E-state index is 0.226. The normalized spacial score (nSPS) is 15.9. The molecule has 0 aromatic heterocycles. The van der Waals surface area contributed by atoms with Gasteiger partial charge in [-0.05, 0) is 44.0 Å². The number of hydrogen-bond donors (Lipinski definition) is 1. The van der Waals surface area contributed by atoms with E-state index in [1.54, 1.807) is 0 Å². The molecule has 0 spiro atoms. The third-order valence-corrected chi connectivity index (χ3v) is 9.60. The lowest BCUT2D eigenvalue weighted by atomic mass is 10.1. The molecule has 0 bridgehead atoms. The van der Waals surface area contributed by atoms with Crippen molar-refractivity contribution in [2.24, 2.45) is 0 Å². The first-order chi connectivity index (χ1) is 11.5. The van der Waals surface area contributed by atoms with Crippen LogP contribution in [0.15, 0.2) is 42.0 Å². The first-order valence-corrected chi connectivity index (χ1v) is 12.1. The summed E-state index contributed by atoms with van der Waals surface area (Å²) < 4.78 is 12.0. The first-order valence-electron chi connectivity index (χ1n) is 9.18. The quantitative estimate of drug-likeness (QED) is 0.476. The largest absolute Gasteiger partial charge is 0.417 e. The van der Waals surface area contributed by atoms with Crippen LogP contribution in [0.3, 0.4) is 0 Å². The Morgan fingerprint density at radius 2 is 1.80 bits per heavy atom. The number of rotatable bonds is 9. The molecule has 2 atom stereocenters. The second-order valence-corrected chi connectivity index (χ2v) is 13.2. The van der Waals surface area contributed by atoms with Crippen LogP contribution in [0.1, 0.15) is 46.6 Å². The third-order valence-electron chi connectivity index (χ3n) is 5.06. The van der Waals surface area contributed by atoms with Crippen LogP contribution in [-0.2, 0) is 15.8 Å². The van der Waals surface area contributed by atoms with E-state index in [1.807, 2.05) is 50.3 Å². The molecule has 0 radical (unpaired) electrons. The number of ether oxygens (including phenoxy) is 1. The fraction of sp³-hybridized carbons (Fsp3) is 0.619. The highest BCUT2D eigenvalue weighted by Crippen LogP contribution is 2.36. The lowest BCUT2D eigenvalue weighted by molar-refractivity contribution is -0.0156. The molecule has 0 aliphatic heterocycles. The minimum atomic E-state index is -1.70. The maximum Gasteiger partial charge on any atom is 0.191 e. The predicted octanol–water partition coefficient (Wildman–Crippen LogP) is 5.31. The molecule has 1 aromatic rings. The van der Waals surface area contributed by atoms with Crippen molar-refractivity contribution in [1.82, 2.24) is 0 Å². The predicted molar refractivity (Wildman–Crippen MR) is 108 cm³/mol. The van der Waals surface area contributed by atoms with Gasteiger partial charge in [0.05, 0.1) is 18.8 Å². The molecule has 0 heterocycles. The van der Waals surface area contributed by atoms with Gasteiger partial charge in [0.15, 0.2) is 8.32 Å². The standard InChI is InChI=1S/C21H36O3Si/c1-17(13-14-24-25(6,7)21(3,4)5)15-20(22)18(2)23-16-19-11-9-8-10-12-19/h8-12,15,18,20,22H,13-14,16H2,1-7H3/b17-15+/t18-,20+/m0/s1. The van der Waals surface area contributed by atoms with Crippen molar-refractivity contribution >= 4 is 8.32 Å². The second-order valence-electron chi connectivity index (χ2n) is 8.36.